The van der Waals surface area contributed by atoms with Gasteiger partial charge in [-0.3, -0.25) is 0 Å². The highest BCUT2D eigenvalue weighted by Crippen LogP contribution is 2.26. The molecule has 0 N–H and O–H groups in total. The third-order valence-electron chi connectivity index (χ3n) is 2.61. The van der Waals surface area contributed by atoms with E-state index in [1.165, 1.54) is 25.7 Å². The predicted octanol–water partition coefficient (Wildman–Crippen LogP) is 3.16. The van der Waals surface area contributed by atoms with Crippen LogP contribution in [0.3, 0.4) is 0 Å². The number of allylic oxidation sites excluding steroid dienone is 1. The molecule has 0 heterocycles. The monoisotopic (exact) mass is 168 g/mol. The molecule has 0 aromatic carbocycles. The fraction of sp³-hybridized carbons (Fsp3) is 0.818. The molecule has 1 rings (SSSR count). The minimum atomic E-state index is 0.543. The van der Waals surface area contributed by atoms with E-state index in [4.69, 9.17) is 4.74 Å². The van der Waals surface area contributed by atoms with Gasteiger partial charge in [-0.15, -0.1) is 6.58 Å². The van der Waals surface area contributed by atoms with E-state index >= 15 is 0 Å². The predicted molar refractivity (Wildman–Crippen MR) is 52.2 cm³/mol. The van der Waals surface area contributed by atoms with Gasteiger partial charge < -0.3 is 4.74 Å². The Morgan fingerprint density at radius 2 is 2.00 bits per heavy atom. The molecule has 0 unspecified atom stereocenters. The van der Waals surface area contributed by atoms with Crippen molar-refractivity contribution >= 4 is 0 Å². The maximum atomic E-state index is 5.69. The van der Waals surface area contributed by atoms with E-state index in [9.17, 15) is 0 Å². The van der Waals surface area contributed by atoms with Crippen LogP contribution in [0.15, 0.2) is 12.7 Å². The van der Waals surface area contributed by atoms with Crippen molar-refractivity contribution in [3.8, 4) is 0 Å². The maximum Gasteiger partial charge on any atom is 0.0575 e. The Kier molecular flexibility index (Phi) is 4.37. The Hall–Kier alpha value is -0.300. The largest absolute Gasteiger partial charge is 0.378 e. The third kappa shape index (κ3) is 2.98. The molecular weight excluding hydrogens is 148 g/mol. The van der Waals surface area contributed by atoms with Crippen molar-refractivity contribution in [2.24, 2.45) is 5.92 Å². The van der Waals surface area contributed by atoms with Crippen molar-refractivity contribution in [3.63, 3.8) is 0 Å². The molecule has 0 aromatic heterocycles. The molecule has 1 heteroatoms. The van der Waals surface area contributed by atoms with Crippen molar-refractivity contribution in [1.82, 2.24) is 0 Å². The standard InChI is InChI=1S/C11H20O/c1-3-9-12-11-7-5-10(4-2)6-8-11/h4,10-11H,2-3,5-9H2,1H3. The molecule has 0 saturated heterocycles. The van der Waals surface area contributed by atoms with Gasteiger partial charge in [-0.2, -0.15) is 0 Å². The zero-order valence-corrected chi connectivity index (χ0v) is 8.09. The summed E-state index contributed by atoms with van der Waals surface area (Å²) in [7, 11) is 0. The SMILES string of the molecule is C=CC1CCC(OCCC)CC1. The lowest BCUT2D eigenvalue weighted by Gasteiger charge is -2.26. The summed E-state index contributed by atoms with van der Waals surface area (Å²) in [6.45, 7) is 6.93. The fourth-order valence-electron chi connectivity index (χ4n) is 1.78. The first-order valence-corrected chi connectivity index (χ1v) is 5.11. The minimum Gasteiger partial charge on any atom is -0.378 e. The van der Waals surface area contributed by atoms with E-state index in [0.29, 0.717) is 6.10 Å². The molecule has 0 spiro atoms. The summed E-state index contributed by atoms with van der Waals surface area (Å²) in [6.07, 6.45) is 8.79. The van der Waals surface area contributed by atoms with Crippen LogP contribution in [0.25, 0.3) is 0 Å². The van der Waals surface area contributed by atoms with Gasteiger partial charge in [0.25, 0.3) is 0 Å². The number of ether oxygens (including phenoxy) is 1. The van der Waals surface area contributed by atoms with Crippen molar-refractivity contribution in [3.05, 3.63) is 12.7 Å². The molecule has 0 radical (unpaired) electrons. The number of hydrogen-bond acceptors (Lipinski definition) is 1. The van der Waals surface area contributed by atoms with Crippen LogP contribution in [-0.2, 0) is 4.74 Å². The molecule has 1 aliphatic carbocycles. The van der Waals surface area contributed by atoms with E-state index in [-0.39, 0.29) is 0 Å². The fourth-order valence-corrected chi connectivity index (χ4v) is 1.78. The second-order valence-corrected chi connectivity index (χ2v) is 3.64. The summed E-state index contributed by atoms with van der Waals surface area (Å²) in [5.41, 5.74) is 0. The smallest absolute Gasteiger partial charge is 0.0575 e. The molecule has 12 heavy (non-hydrogen) atoms. The Bertz CT molecular complexity index is 123. The Balaban J connectivity index is 2.12. The molecule has 1 nitrogen and oxygen atoms in total. The van der Waals surface area contributed by atoms with Crippen LogP contribution in [0.1, 0.15) is 39.0 Å². The molecular formula is C11H20O. The van der Waals surface area contributed by atoms with Gasteiger partial charge in [0.05, 0.1) is 6.10 Å². The molecule has 1 saturated carbocycles. The summed E-state index contributed by atoms with van der Waals surface area (Å²) >= 11 is 0. The molecule has 1 fully saturated rings. The first-order chi connectivity index (χ1) is 5.86. The molecule has 0 amide bonds. The molecule has 0 aliphatic heterocycles. The highest BCUT2D eigenvalue weighted by Gasteiger charge is 2.18. The zero-order valence-electron chi connectivity index (χ0n) is 8.09. The average molecular weight is 168 g/mol. The Labute approximate surface area is 75.8 Å². The summed E-state index contributed by atoms with van der Waals surface area (Å²) in [5, 5.41) is 0. The molecule has 1 aliphatic rings. The zero-order chi connectivity index (χ0) is 8.81. The second kappa shape index (κ2) is 5.36. The summed E-state index contributed by atoms with van der Waals surface area (Å²) in [6, 6.07) is 0. The van der Waals surface area contributed by atoms with Crippen LogP contribution in [0.5, 0.6) is 0 Å². The van der Waals surface area contributed by atoms with Crippen LogP contribution < -0.4 is 0 Å². The van der Waals surface area contributed by atoms with Gasteiger partial charge in [-0.05, 0) is 38.0 Å². The van der Waals surface area contributed by atoms with Crippen molar-refractivity contribution in [2.45, 2.75) is 45.1 Å². The number of rotatable bonds is 4. The summed E-state index contributed by atoms with van der Waals surface area (Å²) in [4.78, 5) is 0. The van der Waals surface area contributed by atoms with Crippen molar-refractivity contribution in [2.75, 3.05) is 6.61 Å². The molecule has 0 aromatic rings. The third-order valence-corrected chi connectivity index (χ3v) is 2.61. The molecule has 0 bridgehead atoms. The topological polar surface area (TPSA) is 9.23 Å². The second-order valence-electron chi connectivity index (χ2n) is 3.64. The Morgan fingerprint density at radius 1 is 1.33 bits per heavy atom. The van der Waals surface area contributed by atoms with Gasteiger partial charge in [-0.1, -0.05) is 13.0 Å². The first-order valence-electron chi connectivity index (χ1n) is 5.11. The van der Waals surface area contributed by atoms with Crippen molar-refractivity contribution < 1.29 is 4.74 Å². The van der Waals surface area contributed by atoms with Gasteiger partial charge in [0, 0.05) is 6.61 Å². The lowest BCUT2D eigenvalue weighted by Crippen LogP contribution is -2.20. The van der Waals surface area contributed by atoms with Crippen LogP contribution in [0.2, 0.25) is 0 Å². The maximum absolute atomic E-state index is 5.69. The first kappa shape index (κ1) is 9.79. The Morgan fingerprint density at radius 3 is 2.50 bits per heavy atom. The normalized spacial score (nSPS) is 30.1. The van der Waals surface area contributed by atoms with E-state index in [0.717, 1.165) is 18.9 Å². The van der Waals surface area contributed by atoms with Gasteiger partial charge in [-0.25, -0.2) is 0 Å². The van der Waals surface area contributed by atoms with Gasteiger partial charge in [0.2, 0.25) is 0 Å². The highest BCUT2D eigenvalue weighted by molar-refractivity contribution is 4.84. The van der Waals surface area contributed by atoms with Crippen LogP contribution in [-0.4, -0.2) is 12.7 Å². The highest BCUT2D eigenvalue weighted by atomic mass is 16.5. The van der Waals surface area contributed by atoms with Gasteiger partial charge in [0.1, 0.15) is 0 Å². The van der Waals surface area contributed by atoms with E-state index in [2.05, 4.69) is 19.6 Å². The van der Waals surface area contributed by atoms with Gasteiger partial charge in [0.15, 0.2) is 0 Å². The van der Waals surface area contributed by atoms with E-state index in [1.54, 1.807) is 0 Å². The lowest BCUT2D eigenvalue weighted by atomic mass is 9.87. The van der Waals surface area contributed by atoms with Crippen LogP contribution in [0, 0.1) is 5.92 Å². The number of hydrogen-bond donors (Lipinski definition) is 0. The summed E-state index contributed by atoms with van der Waals surface area (Å²) < 4.78 is 5.69. The van der Waals surface area contributed by atoms with Gasteiger partial charge >= 0.3 is 0 Å². The molecule has 0 atom stereocenters. The minimum absolute atomic E-state index is 0.543. The average Bonchev–Trinajstić information content (AvgIpc) is 2.15. The van der Waals surface area contributed by atoms with Crippen molar-refractivity contribution in [1.29, 1.82) is 0 Å². The summed E-state index contributed by atoms with van der Waals surface area (Å²) in [5.74, 6) is 0.756. The van der Waals surface area contributed by atoms with Crippen LogP contribution >= 0.6 is 0 Å². The van der Waals surface area contributed by atoms with E-state index in [1.807, 2.05) is 0 Å². The van der Waals surface area contributed by atoms with Crippen LogP contribution in [0.4, 0.5) is 0 Å². The molecule has 70 valence electrons. The van der Waals surface area contributed by atoms with E-state index < -0.39 is 0 Å². The lowest BCUT2D eigenvalue weighted by molar-refractivity contribution is 0.0227. The quantitative estimate of drug-likeness (QED) is 0.586.